The highest BCUT2D eigenvalue weighted by Gasteiger charge is 2.29. The van der Waals surface area contributed by atoms with Gasteiger partial charge in [0.05, 0.1) is 11.8 Å². The Labute approximate surface area is 137 Å². The monoisotopic (exact) mass is 328 g/mol. The molecule has 124 valence electrons. The quantitative estimate of drug-likeness (QED) is 0.728. The zero-order chi connectivity index (χ0) is 16.5. The van der Waals surface area contributed by atoms with Gasteiger partial charge in [0.1, 0.15) is 12.0 Å². The molecule has 4 rings (SSSR count). The molecule has 0 aliphatic carbocycles. The fraction of sp³-hybridized carbons (Fsp3) is 0.375. The Balaban J connectivity index is 1.40. The highest BCUT2D eigenvalue weighted by molar-refractivity contribution is 5.92. The van der Waals surface area contributed by atoms with E-state index >= 15 is 0 Å². The van der Waals surface area contributed by atoms with Gasteiger partial charge >= 0.3 is 0 Å². The van der Waals surface area contributed by atoms with Crippen molar-refractivity contribution >= 4 is 5.91 Å². The molecule has 0 spiro atoms. The Morgan fingerprint density at radius 2 is 2.12 bits per heavy atom. The predicted octanol–water partition coefficient (Wildman–Crippen LogP) is 2.65. The van der Waals surface area contributed by atoms with Crippen LogP contribution in [0.15, 0.2) is 38.0 Å². The number of nitrogens with zero attached hydrogens (tertiary/aromatic N) is 4. The zero-order valence-corrected chi connectivity index (χ0v) is 13.1. The third-order valence-corrected chi connectivity index (χ3v) is 4.19. The number of aromatic nitrogens is 3. The van der Waals surface area contributed by atoms with E-state index in [1.54, 1.807) is 36.5 Å². The Morgan fingerprint density at radius 1 is 1.29 bits per heavy atom. The number of likely N-dealkylation sites (tertiary alicyclic amines) is 1. The molecular formula is C16H16N4O4. The van der Waals surface area contributed by atoms with Crippen molar-refractivity contribution < 1.29 is 18.2 Å². The van der Waals surface area contributed by atoms with E-state index in [0.717, 1.165) is 18.4 Å². The molecule has 1 saturated heterocycles. The van der Waals surface area contributed by atoms with Gasteiger partial charge in [-0.05, 0) is 25.8 Å². The second-order valence-corrected chi connectivity index (χ2v) is 5.85. The molecule has 8 nitrogen and oxygen atoms in total. The van der Waals surface area contributed by atoms with Crippen LogP contribution < -0.4 is 0 Å². The van der Waals surface area contributed by atoms with E-state index < -0.39 is 0 Å². The fourth-order valence-corrected chi connectivity index (χ4v) is 2.86. The van der Waals surface area contributed by atoms with E-state index in [4.69, 9.17) is 13.4 Å². The molecule has 3 aromatic heterocycles. The van der Waals surface area contributed by atoms with Gasteiger partial charge in [0.15, 0.2) is 5.69 Å². The molecule has 3 aromatic rings. The summed E-state index contributed by atoms with van der Waals surface area (Å²) in [5.41, 5.74) is 1.12. The normalized spacial score (nSPS) is 15.8. The first kappa shape index (κ1) is 14.7. The van der Waals surface area contributed by atoms with Crippen LogP contribution in [0.5, 0.6) is 0 Å². The average Bonchev–Trinajstić information content (AvgIpc) is 3.35. The van der Waals surface area contributed by atoms with Crippen LogP contribution >= 0.6 is 0 Å². The SMILES string of the molecule is Cc1cc(C(=O)N2CCC(c3nnc(-c4ccoc4)o3)CC2)no1. The molecule has 4 heterocycles. The van der Waals surface area contributed by atoms with Gasteiger partial charge in [-0.2, -0.15) is 0 Å². The number of hydrogen-bond acceptors (Lipinski definition) is 7. The van der Waals surface area contributed by atoms with Crippen molar-refractivity contribution in [2.75, 3.05) is 13.1 Å². The Hall–Kier alpha value is -2.90. The summed E-state index contributed by atoms with van der Waals surface area (Å²) in [6.45, 7) is 3.01. The van der Waals surface area contributed by atoms with Gasteiger partial charge in [0.25, 0.3) is 11.8 Å². The lowest BCUT2D eigenvalue weighted by Gasteiger charge is -2.29. The standard InChI is InChI=1S/C16H16N4O4/c1-10-8-13(19-24-10)16(21)20-5-2-11(3-6-20)14-17-18-15(23-14)12-4-7-22-9-12/h4,7-9,11H,2-3,5-6H2,1H3. The molecule has 1 aliphatic rings. The maximum absolute atomic E-state index is 12.4. The summed E-state index contributed by atoms with van der Waals surface area (Å²) < 4.78 is 15.7. The minimum Gasteiger partial charge on any atom is -0.472 e. The molecule has 8 heteroatoms. The van der Waals surface area contributed by atoms with E-state index in [0.29, 0.717) is 36.3 Å². The summed E-state index contributed by atoms with van der Waals surface area (Å²) in [5, 5.41) is 12.0. The molecule has 0 saturated carbocycles. The van der Waals surface area contributed by atoms with Crippen molar-refractivity contribution in [1.29, 1.82) is 0 Å². The number of carbonyl (C=O) groups excluding carboxylic acids is 1. The fourth-order valence-electron chi connectivity index (χ4n) is 2.86. The first-order valence-electron chi connectivity index (χ1n) is 7.79. The van der Waals surface area contributed by atoms with Crippen molar-refractivity contribution in [3.05, 3.63) is 42.0 Å². The summed E-state index contributed by atoms with van der Waals surface area (Å²) >= 11 is 0. The van der Waals surface area contributed by atoms with Crippen LogP contribution in [0.4, 0.5) is 0 Å². The van der Waals surface area contributed by atoms with E-state index in [1.807, 2.05) is 0 Å². The smallest absolute Gasteiger partial charge is 0.276 e. The van der Waals surface area contributed by atoms with Crippen LogP contribution in [-0.2, 0) is 0 Å². The molecule has 0 atom stereocenters. The lowest BCUT2D eigenvalue weighted by molar-refractivity contribution is 0.0696. The van der Waals surface area contributed by atoms with Crippen molar-refractivity contribution in [3.8, 4) is 11.5 Å². The highest BCUT2D eigenvalue weighted by atomic mass is 16.5. The first-order valence-corrected chi connectivity index (χ1v) is 7.79. The minimum absolute atomic E-state index is 0.102. The molecule has 24 heavy (non-hydrogen) atoms. The molecule has 0 unspecified atom stereocenters. The van der Waals surface area contributed by atoms with Gasteiger partial charge in [-0.25, -0.2) is 0 Å². The van der Waals surface area contributed by atoms with Crippen LogP contribution in [0.3, 0.4) is 0 Å². The Kier molecular flexibility index (Phi) is 3.64. The van der Waals surface area contributed by atoms with Crippen LogP contribution in [-0.4, -0.2) is 39.3 Å². The number of rotatable bonds is 3. The average molecular weight is 328 g/mol. The summed E-state index contributed by atoms with van der Waals surface area (Å²) in [4.78, 5) is 14.1. The van der Waals surface area contributed by atoms with Gasteiger partial charge < -0.3 is 18.3 Å². The summed E-state index contributed by atoms with van der Waals surface area (Å²) in [5.74, 6) is 1.74. The summed E-state index contributed by atoms with van der Waals surface area (Å²) in [6, 6.07) is 3.43. The molecule has 1 fully saturated rings. The molecule has 1 amide bonds. The molecule has 0 N–H and O–H groups in total. The molecular weight excluding hydrogens is 312 g/mol. The number of hydrogen-bond donors (Lipinski definition) is 0. The molecule has 0 radical (unpaired) electrons. The second kappa shape index (κ2) is 5.95. The van der Waals surface area contributed by atoms with E-state index in [1.165, 1.54) is 0 Å². The second-order valence-electron chi connectivity index (χ2n) is 5.85. The van der Waals surface area contributed by atoms with Gasteiger partial charge in [0, 0.05) is 25.1 Å². The van der Waals surface area contributed by atoms with Crippen LogP contribution in [0, 0.1) is 6.92 Å². The van der Waals surface area contributed by atoms with E-state index in [2.05, 4.69) is 15.4 Å². The van der Waals surface area contributed by atoms with Crippen molar-refractivity contribution in [3.63, 3.8) is 0 Å². The number of carbonyl (C=O) groups is 1. The third kappa shape index (κ3) is 2.70. The van der Waals surface area contributed by atoms with E-state index in [9.17, 15) is 4.79 Å². The van der Waals surface area contributed by atoms with Crippen LogP contribution in [0.1, 0.15) is 40.9 Å². The number of furan rings is 1. The lowest BCUT2D eigenvalue weighted by Crippen LogP contribution is -2.38. The number of piperidine rings is 1. The molecule has 1 aliphatic heterocycles. The van der Waals surface area contributed by atoms with E-state index in [-0.39, 0.29) is 11.8 Å². The third-order valence-electron chi connectivity index (χ3n) is 4.19. The van der Waals surface area contributed by atoms with Crippen molar-refractivity contribution in [2.45, 2.75) is 25.7 Å². The topological polar surface area (TPSA) is 98.4 Å². The number of aryl methyl sites for hydroxylation is 1. The maximum Gasteiger partial charge on any atom is 0.276 e. The Morgan fingerprint density at radius 3 is 2.79 bits per heavy atom. The minimum atomic E-state index is -0.102. The zero-order valence-electron chi connectivity index (χ0n) is 13.1. The predicted molar refractivity (Wildman–Crippen MR) is 81.1 cm³/mol. The largest absolute Gasteiger partial charge is 0.472 e. The van der Waals surface area contributed by atoms with Crippen molar-refractivity contribution in [2.24, 2.45) is 0 Å². The van der Waals surface area contributed by atoms with Crippen LogP contribution in [0.2, 0.25) is 0 Å². The van der Waals surface area contributed by atoms with Gasteiger partial charge in [-0.1, -0.05) is 5.16 Å². The molecule has 0 bridgehead atoms. The number of amides is 1. The lowest BCUT2D eigenvalue weighted by atomic mass is 9.96. The summed E-state index contributed by atoms with van der Waals surface area (Å²) in [7, 11) is 0. The maximum atomic E-state index is 12.4. The van der Waals surface area contributed by atoms with Crippen LogP contribution in [0.25, 0.3) is 11.5 Å². The van der Waals surface area contributed by atoms with Gasteiger partial charge in [-0.15, -0.1) is 10.2 Å². The van der Waals surface area contributed by atoms with Crippen molar-refractivity contribution in [1.82, 2.24) is 20.3 Å². The summed E-state index contributed by atoms with van der Waals surface area (Å²) in [6.07, 6.45) is 4.68. The van der Waals surface area contributed by atoms with Gasteiger partial charge in [-0.3, -0.25) is 4.79 Å². The highest BCUT2D eigenvalue weighted by Crippen LogP contribution is 2.29. The molecule has 0 aromatic carbocycles. The Bertz CT molecular complexity index is 828. The first-order chi connectivity index (χ1) is 11.7. The van der Waals surface area contributed by atoms with Gasteiger partial charge in [0.2, 0.25) is 5.89 Å².